The lowest BCUT2D eigenvalue weighted by molar-refractivity contribution is 0.667. The van der Waals surface area contributed by atoms with E-state index in [-0.39, 0.29) is 0 Å². The van der Waals surface area contributed by atoms with Crippen LogP contribution in [-0.2, 0) is 0 Å². The first kappa shape index (κ1) is 28.4. The van der Waals surface area contributed by atoms with Crippen molar-refractivity contribution in [3.63, 3.8) is 0 Å². The van der Waals surface area contributed by atoms with Gasteiger partial charge in [-0.1, -0.05) is 152 Å². The van der Waals surface area contributed by atoms with E-state index in [1.807, 2.05) is 11.3 Å². The summed E-state index contributed by atoms with van der Waals surface area (Å²) >= 11 is 1.87. The molecule has 0 bridgehead atoms. The number of aromatic nitrogens is 1. The Morgan fingerprint density at radius 1 is 0.392 bits per heavy atom. The second-order valence-corrected chi connectivity index (χ2v) is 14.3. The maximum absolute atomic E-state index is 7.05. The van der Waals surface area contributed by atoms with E-state index in [2.05, 4.69) is 180 Å². The van der Waals surface area contributed by atoms with E-state index < -0.39 is 0 Å². The molecule has 238 valence electrons. The fraction of sp³-hybridized carbons (Fsp3) is 0. The minimum Gasteiger partial charge on any atom is -0.453 e. The summed E-state index contributed by atoms with van der Waals surface area (Å²) in [5, 5.41) is 7.33. The van der Waals surface area contributed by atoms with Crippen LogP contribution in [0.5, 0.6) is 0 Å². The highest BCUT2D eigenvalue weighted by molar-refractivity contribution is 7.26. The average molecular weight is 668 g/mol. The van der Waals surface area contributed by atoms with Crippen LogP contribution in [0.15, 0.2) is 180 Å². The van der Waals surface area contributed by atoms with Crippen LogP contribution in [0.1, 0.15) is 0 Å². The van der Waals surface area contributed by atoms with Gasteiger partial charge >= 0.3 is 0 Å². The Morgan fingerprint density at radius 3 is 1.86 bits per heavy atom. The van der Waals surface area contributed by atoms with Crippen molar-refractivity contribution in [3.05, 3.63) is 176 Å². The van der Waals surface area contributed by atoms with Gasteiger partial charge in [-0.2, -0.15) is 0 Å². The van der Waals surface area contributed by atoms with Crippen LogP contribution in [0.25, 0.3) is 103 Å². The number of nitrogens with zero attached hydrogens (tertiary/aromatic N) is 1. The molecule has 11 aromatic rings. The second-order valence-electron chi connectivity index (χ2n) is 13.3. The number of rotatable bonds is 4. The number of thiophene rings is 1. The quantitative estimate of drug-likeness (QED) is 0.183. The van der Waals surface area contributed by atoms with Gasteiger partial charge in [0.1, 0.15) is 5.58 Å². The molecule has 0 fully saturated rings. The molecule has 2 nitrogen and oxygen atoms in total. The lowest BCUT2D eigenvalue weighted by atomic mass is 9.96. The molecule has 0 radical (unpaired) electrons. The molecule has 0 aliphatic carbocycles. The summed E-state index contributed by atoms with van der Waals surface area (Å²) in [5.74, 6) is 0. The molecule has 0 saturated heterocycles. The summed E-state index contributed by atoms with van der Waals surface area (Å²) in [7, 11) is 0. The Bertz CT molecular complexity index is 3120. The fourth-order valence-electron chi connectivity index (χ4n) is 8.04. The first-order valence-corrected chi connectivity index (χ1v) is 18.2. The van der Waals surface area contributed by atoms with Crippen LogP contribution in [0.2, 0.25) is 0 Å². The van der Waals surface area contributed by atoms with Gasteiger partial charge in [0.25, 0.3) is 0 Å². The van der Waals surface area contributed by atoms with Crippen LogP contribution < -0.4 is 0 Å². The summed E-state index contributed by atoms with van der Waals surface area (Å²) < 4.78 is 12.1. The van der Waals surface area contributed by atoms with E-state index in [4.69, 9.17) is 4.42 Å². The molecule has 0 N–H and O–H groups in total. The number of hydrogen-bond acceptors (Lipinski definition) is 2. The average Bonchev–Trinajstić information content (AvgIpc) is 3.88. The number of fused-ring (bicyclic) bond motifs is 10. The zero-order chi connectivity index (χ0) is 33.5. The Hall–Kier alpha value is -6.42. The molecule has 3 heteroatoms. The number of para-hydroxylation sites is 3. The van der Waals surface area contributed by atoms with Crippen molar-refractivity contribution in [3.8, 4) is 39.1 Å². The standard InChI is InChI=1S/C48H29NOS/c1-2-11-30(12-3-1)31-23-25-32(26-24-31)33-13-8-14-34(29-33)35-17-9-18-39-40-19-10-21-43(47(40)50-46(35)39)49-42-20-6-4-15-36(42)38-27-28-41-37-16-5-7-22-44(37)51-48(41)45(38)49/h1-29H. The molecule has 3 aromatic heterocycles. The van der Waals surface area contributed by atoms with Crippen LogP contribution in [0.3, 0.4) is 0 Å². The molecule has 3 heterocycles. The van der Waals surface area contributed by atoms with Crippen molar-refractivity contribution >= 4 is 75.3 Å². The van der Waals surface area contributed by atoms with Gasteiger partial charge in [0.05, 0.1) is 21.4 Å². The molecule has 0 spiro atoms. The SMILES string of the molecule is c1ccc(-c2ccc(-c3cccc(-c4cccc5c4oc4c(-n6c7ccccc7c7ccc8c9ccccc9sc8c76)cccc45)c3)cc2)cc1. The van der Waals surface area contributed by atoms with E-state index >= 15 is 0 Å². The zero-order valence-corrected chi connectivity index (χ0v) is 28.3. The monoisotopic (exact) mass is 667 g/mol. The van der Waals surface area contributed by atoms with Crippen LogP contribution in [0.4, 0.5) is 0 Å². The smallest absolute Gasteiger partial charge is 0.159 e. The highest BCUT2D eigenvalue weighted by atomic mass is 32.1. The van der Waals surface area contributed by atoms with Gasteiger partial charge in [-0.05, 0) is 52.1 Å². The van der Waals surface area contributed by atoms with Crippen molar-refractivity contribution in [1.29, 1.82) is 0 Å². The van der Waals surface area contributed by atoms with E-state index in [0.29, 0.717) is 0 Å². The third-order valence-electron chi connectivity index (χ3n) is 10.4. The van der Waals surface area contributed by atoms with Gasteiger partial charge in [-0.3, -0.25) is 0 Å². The highest BCUT2D eigenvalue weighted by Crippen LogP contribution is 2.45. The fourth-order valence-corrected chi connectivity index (χ4v) is 9.28. The molecule has 8 aromatic carbocycles. The molecular weight excluding hydrogens is 639 g/mol. The topological polar surface area (TPSA) is 18.1 Å². The Balaban J connectivity index is 1.11. The van der Waals surface area contributed by atoms with Crippen molar-refractivity contribution in [1.82, 2.24) is 4.57 Å². The normalized spacial score (nSPS) is 11.9. The van der Waals surface area contributed by atoms with Crippen LogP contribution in [-0.4, -0.2) is 4.57 Å². The van der Waals surface area contributed by atoms with Crippen molar-refractivity contribution in [2.45, 2.75) is 0 Å². The maximum atomic E-state index is 7.05. The summed E-state index contributed by atoms with van der Waals surface area (Å²) in [5.41, 5.74) is 12.3. The third kappa shape index (κ3) is 4.29. The molecule has 0 amide bonds. The van der Waals surface area contributed by atoms with Gasteiger partial charge in [-0.15, -0.1) is 11.3 Å². The van der Waals surface area contributed by atoms with Crippen molar-refractivity contribution in [2.24, 2.45) is 0 Å². The van der Waals surface area contributed by atoms with Crippen LogP contribution in [0, 0.1) is 0 Å². The maximum Gasteiger partial charge on any atom is 0.159 e. The molecule has 0 aliphatic heterocycles. The summed E-state index contributed by atoms with van der Waals surface area (Å²) in [6.07, 6.45) is 0. The van der Waals surface area contributed by atoms with E-state index in [0.717, 1.165) is 38.8 Å². The molecule has 0 saturated carbocycles. The minimum absolute atomic E-state index is 0.897. The van der Waals surface area contributed by atoms with Gasteiger partial charge in [-0.25, -0.2) is 0 Å². The molecule has 51 heavy (non-hydrogen) atoms. The predicted octanol–water partition coefficient (Wildman–Crippen LogP) is 14.1. The van der Waals surface area contributed by atoms with E-state index in [9.17, 15) is 0 Å². The van der Waals surface area contributed by atoms with Gasteiger partial charge in [0.15, 0.2) is 5.58 Å². The number of furan rings is 1. The number of hydrogen-bond donors (Lipinski definition) is 0. The van der Waals surface area contributed by atoms with E-state index in [1.54, 1.807) is 0 Å². The highest BCUT2D eigenvalue weighted by Gasteiger charge is 2.21. The molecule has 11 rings (SSSR count). The largest absolute Gasteiger partial charge is 0.453 e. The lowest BCUT2D eigenvalue weighted by Gasteiger charge is -2.09. The van der Waals surface area contributed by atoms with Crippen LogP contribution >= 0.6 is 11.3 Å². The van der Waals surface area contributed by atoms with Crippen molar-refractivity contribution in [2.75, 3.05) is 0 Å². The third-order valence-corrected chi connectivity index (χ3v) is 11.6. The summed E-state index contributed by atoms with van der Waals surface area (Å²) in [6.45, 7) is 0. The Kier molecular flexibility index (Phi) is 6.16. The number of benzene rings is 8. The first-order chi connectivity index (χ1) is 25.3. The molecule has 0 unspecified atom stereocenters. The molecule has 0 atom stereocenters. The Labute approximate surface area is 298 Å². The van der Waals surface area contributed by atoms with Gasteiger partial charge in [0, 0.05) is 42.6 Å². The lowest BCUT2D eigenvalue weighted by Crippen LogP contribution is -1.94. The van der Waals surface area contributed by atoms with Gasteiger partial charge in [0.2, 0.25) is 0 Å². The zero-order valence-electron chi connectivity index (χ0n) is 27.5. The van der Waals surface area contributed by atoms with E-state index in [1.165, 1.54) is 64.2 Å². The second kappa shape index (κ2) is 11.0. The van der Waals surface area contributed by atoms with Gasteiger partial charge < -0.3 is 8.98 Å². The predicted molar refractivity (Wildman–Crippen MR) is 217 cm³/mol. The van der Waals surface area contributed by atoms with Crippen molar-refractivity contribution < 1.29 is 4.42 Å². The molecule has 0 aliphatic rings. The molecular formula is C48H29NOS. The summed E-state index contributed by atoms with van der Waals surface area (Å²) in [4.78, 5) is 0. The first-order valence-electron chi connectivity index (χ1n) is 17.3. The summed E-state index contributed by atoms with van der Waals surface area (Å²) in [6, 6.07) is 63.4. The Morgan fingerprint density at radius 2 is 1.00 bits per heavy atom. The minimum atomic E-state index is 0.897.